The fraction of sp³-hybridized carbons (Fsp3) is 0.0741. The Morgan fingerprint density at radius 1 is 0.677 bits per heavy atom. The van der Waals surface area contributed by atoms with Gasteiger partial charge in [0.25, 0.3) is 0 Å². The minimum absolute atomic E-state index is 0.738. The van der Waals surface area contributed by atoms with Crippen molar-refractivity contribution in [1.29, 1.82) is 0 Å². The van der Waals surface area contributed by atoms with Gasteiger partial charge in [-0.3, -0.25) is 4.99 Å². The summed E-state index contributed by atoms with van der Waals surface area (Å²) in [7, 11) is 2.58. The van der Waals surface area contributed by atoms with Crippen LogP contribution in [0.15, 0.2) is 108 Å². The quantitative estimate of drug-likeness (QED) is 0.301. The van der Waals surface area contributed by atoms with E-state index in [0.717, 1.165) is 22.7 Å². The highest BCUT2D eigenvalue weighted by molar-refractivity contribution is 7.80. The van der Waals surface area contributed by atoms with E-state index in [9.17, 15) is 0 Å². The van der Waals surface area contributed by atoms with Gasteiger partial charge in [-0.2, -0.15) is 0 Å². The number of methoxy groups -OCH3 is 2. The predicted molar refractivity (Wildman–Crippen MR) is 132 cm³/mol. The summed E-state index contributed by atoms with van der Waals surface area (Å²) in [6.07, 6.45) is 1.85. The monoisotopic (exact) mass is 425 g/mol. The first-order valence-electron chi connectivity index (χ1n) is 10.1. The van der Waals surface area contributed by atoms with Crippen LogP contribution in [-0.2, 0) is 0 Å². The van der Waals surface area contributed by atoms with Gasteiger partial charge in [0.05, 0.1) is 19.9 Å². The lowest BCUT2D eigenvalue weighted by atomic mass is 10.2. The van der Waals surface area contributed by atoms with Crippen molar-refractivity contribution in [3.63, 3.8) is 0 Å². The number of ether oxygens (including phenoxy) is 2. The number of para-hydroxylation sites is 1. The summed E-state index contributed by atoms with van der Waals surface area (Å²) in [5.41, 5.74) is 1.83. The van der Waals surface area contributed by atoms with Crippen LogP contribution in [0.1, 0.15) is 5.56 Å². The summed E-state index contributed by atoms with van der Waals surface area (Å²) in [6, 6.07) is 35.4. The molecule has 0 spiro atoms. The molecule has 0 radical (unpaired) electrons. The molecule has 154 valence electrons. The average molecular weight is 425 g/mol. The molecule has 0 aromatic heterocycles. The van der Waals surface area contributed by atoms with Crippen molar-refractivity contribution in [1.82, 2.24) is 0 Å². The van der Waals surface area contributed by atoms with E-state index in [4.69, 9.17) is 14.5 Å². The second-order valence-corrected chi connectivity index (χ2v) is 9.05. The third kappa shape index (κ3) is 4.84. The summed E-state index contributed by atoms with van der Waals surface area (Å²) in [4.78, 5) is 4.89. The van der Waals surface area contributed by atoms with Gasteiger partial charge in [0.1, 0.15) is 11.5 Å². The van der Waals surface area contributed by atoms with Crippen LogP contribution in [0, 0.1) is 0 Å². The van der Waals surface area contributed by atoms with Crippen LogP contribution < -0.4 is 25.4 Å². The number of aliphatic imine (C=N–C) groups is 1. The maximum Gasteiger partial charge on any atom is 0.127 e. The third-order valence-corrected chi connectivity index (χ3v) is 7.42. The molecule has 4 aromatic rings. The SMILES string of the molecule is COc1ccc(OC)c(C=Nc2ccccc2P(c2ccccc2)c2ccccc2)c1. The molecule has 0 atom stereocenters. The fourth-order valence-corrected chi connectivity index (χ4v) is 5.81. The van der Waals surface area contributed by atoms with E-state index in [-0.39, 0.29) is 0 Å². The first-order valence-corrected chi connectivity index (χ1v) is 11.4. The van der Waals surface area contributed by atoms with E-state index in [1.807, 2.05) is 30.5 Å². The first kappa shape index (κ1) is 20.8. The van der Waals surface area contributed by atoms with Gasteiger partial charge in [-0.25, -0.2) is 0 Å². The van der Waals surface area contributed by atoms with Crippen LogP contribution in [0.2, 0.25) is 0 Å². The van der Waals surface area contributed by atoms with Crippen molar-refractivity contribution in [2.24, 2.45) is 4.99 Å². The zero-order valence-corrected chi connectivity index (χ0v) is 18.5. The summed E-state index contributed by atoms with van der Waals surface area (Å²) in [5.74, 6) is 1.53. The molecule has 4 heteroatoms. The molecule has 4 aromatic carbocycles. The summed E-state index contributed by atoms with van der Waals surface area (Å²) in [6.45, 7) is 0. The highest BCUT2D eigenvalue weighted by atomic mass is 31.1. The molecular weight excluding hydrogens is 401 g/mol. The second-order valence-electron chi connectivity index (χ2n) is 6.86. The molecule has 0 saturated carbocycles. The van der Waals surface area contributed by atoms with Crippen LogP contribution in [0.25, 0.3) is 0 Å². The molecule has 0 N–H and O–H groups in total. The minimum atomic E-state index is -0.738. The Balaban J connectivity index is 1.80. The molecule has 0 fully saturated rings. The molecule has 0 bridgehead atoms. The van der Waals surface area contributed by atoms with Gasteiger partial charge in [0, 0.05) is 17.1 Å². The maximum atomic E-state index is 5.51. The summed E-state index contributed by atoms with van der Waals surface area (Å²) < 4.78 is 10.9. The molecule has 0 heterocycles. The molecule has 0 saturated heterocycles. The molecule has 0 aliphatic rings. The third-order valence-electron chi connectivity index (χ3n) is 4.93. The Labute approximate surface area is 184 Å². The molecule has 0 unspecified atom stereocenters. The standard InChI is InChI=1S/C27H24NO2P/c1-29-22-17-18-26(30-2)21(19-22)20-28-25-15-9-10-16-27(25)31(23-11-5-3-6-12-23)24-13-7-4-8-14-24/h3-20H,1-2H3. The molecule has 0 aliphatic heterocycles. The van der Waals surface area contributed by atoms with Crippen molar-refractivity contribution in [2.45, 2.75) is 0 Å². The maximum absolute atomic E-state index is 5.51. The van der Waals surface area contributed by atoms with Gasteiger partial charge in [0.15, 0.2) is 0 Å². The van der Waals surface area contributed by atoms with E-state index in [1.165, 1.54) is 15.9 Å². The highest BCUT2D eigenvalue weighted by Gasteiger charge is 2.19. The topological polar surface area (TPSA) is 30.8 Å². The normalized spacial score (nSPS) is 11.1. The van der Waals surface area contributed by atoms with Crippen LogP contribution in [0.3, 0.4) is 0 Å². The fourth-order valence-electron chi connectivity index (χ4n) is 3.42. The van der Waals surface area contributed by atoms with Gasteiger partial charge in [-0.15, -0.1) is 0 Å². The van der Waals surface area contributed by atoms with Crippen molar-refractivity contribution < 1.29 is 9.47 Å². The summed E-state index contributed by atoms with van der Waals surface area (Å²) >= 11 is 0. The van der Waals surface area contributed by atoms with Crippen molar-refractivity contribution in [3.05, 3.63) is 109 Å². The Hall–Kier alpha value is -3.42. The van der Waals surface area contributed by atoms with Crippen molar-refractivity contribution >= 4 is 35.7 Å². The van der Waals surface area contributed by atoms with Crippen LogP contribution in [0.4, 0.5) is 5.69 Å². The molecule has 0 aliphatic carbocycles. The number of rotatable bonds is 7. The Morgan fingerprint density at radius 2 is 1.29 bits per heavy atom. The average Bonchev–Trinajstić information content (AvgIpc) is 2.85. The first-order chi connectivity index (χ1) is 15.3. The van der Waals surface area contributed by atoms with Crippen LogP contribution in [0.5, 0.6) is 11.5 Å². The Morgan fingerprint density at radius 3 is 1.90 bits per heavy atom. The smallest absolute Gasteiger partial charge is 0.127 e. The van der Waals surface area contributed by atoms with E-state index < -0.39 is 7.92 Å². The summed E-state index contributed by atoms with van der Waals surface area (Å²) in [5, 5.41) is 3.81. The van der Waals surface area contributed by atoms with Gasteiger partial charge >= 0.3 is 0 Å². The second kappa shape index (κ2) is 10.1. The van der Waals surface area contributed by atoms with Crippen molar-refractivity contribution in [2.75, 3.05) is 14.2 Å². The van der Waals surface area contributed by atoms with E-state index in [0.29, 0.717) is 0 Å². The molecule has 0 amide bonds. The lowest BCUT2D eigenvalue weighted by Crippen LogP contribution is -2.20. The molecular formula is C27H24NO2P. The number of benzene rings is 4. The van der Waals surface area contributed by atoms with Crippen molar-refractivity contribution in [3.8, 4) is 11.5 Å². The van der Waals surface area contributed by atoms with E-state index >= 15 is 0 Å². The lowest BCUT2D eigenvalue weighted by molar-refractivity contribution is 0.402. The van der Waals surface area contributed by atoms with E-state index in [2.05, 4.69) is 78.9 Å². The Kier molecular flexibility index (Phi) is 6.76. The highest BCUT2D eigenvalue weighted by Crippen LogP contribution is 2.36. The number of hydrogen-bond acceptors (Lipinski definition) is 3. The molecule has 4 rings (SSSR count). The lowest BCUT2D eigenvalue weighted by Gasteiger charge is -2.20. The largest absolute Gasteiger partial charge is 0.497 e. The number of hydrogen-bond donors (Lipinski definition) is 0. The Bertz CT molecular complexity index is 1120. The number of nitrogens with zero attached hydrogens (tertiary/aromatic N) is 1. The van der Waals surface area contributed by atoms with Gasteiger partial charge in [0.2, 0.25) is 0 Å². The van der Waals surface area contributed by atoms with Crippen LogP contribution in [-0.4, -0.2) is 20.4 Å². The minimum Gasteiger partial charge on any atom is -0.497 e. The predicted octanol–water partition coefficient (Wildman–Crippen LogP) is 5.21. The molecule has 3 nitrogen and oxygen atoms in total. The zero-order valence-electron chi connectivity index (χ0n) is 17.6. The zero-order chi connectivity index (χ0) is 21.5. The molecule has 31 heavy (non-hydrogen) atoms. The van der Waals surface area contributed by atoms with Gasteiger partial charge < -0.3 is 9.47 Å². The van der Waals surface area contributed by atoms with Gasteiger partial charge in [-0.05, 0) is 42.8 Å². The van der Waals surface area contributed by atoms with E-state index in [1.54, 1.807) is 14.2 Å². The van der Waals surface area contributed by atoms with Crippen LogP contribution >= 0.6 is 7.92 Å². The van der Waals surface area contributed by atoms with Gasteiger partial charge in [-0.1, -0.05) is 78.9 Å².